The third-order valence-electron chi connectivity index (χ3n) is 3.42. The SMILES string of the molecule is O=c1oc2cc(OP(=O)(O)S)ccc2c2c1CCCC2. The zero-order valence-electron chi connectivity index (χ0n) is 10.5. The monoisotopic (exact) mass is 312 g/mol. The highest BCUT2D eigenvalue weighted by molar-refractivity contribution is 8.44. The fraction of sp³-hybridized carbons (Fsp3) is 0.308. The first-order valence-electron chi connectivity index (χ1n) is 6.28. The molecule has 1 heterocycles. The molecule has 0 aliphatic heterocycles. The van der Waals surface area contributed by atoms with Gasteiger partial charge < -0.3 is 13.8 Å². The predicted octanol–water partition coefficient (Wildman–Crippen LogP) is 3.08. The van der Waals surface area contributed by atoms with Gasteiger partial charge in [0.15, 0.2) is 0 Å². The molecule has 0 saturated carbocycles. The summed E-state index contributed by atoms with van der Waals surface area (Å²) >= 11 is 3.46. The zero-order valence-corrected chi connectivity index (χ0v) is 12.3. The second kappa shape index (κ2) is 4.95. The van der Waals surface area contributed by atoms with E-state index in [1.807, 2.05) is 0 Å². The summed E-state index contributed by atoms with van der Waals surface area (Å²) in [6, 6.07) is 4.78. The van der Waals surface area contributed by atoms with Gasteiger partial charge in [0.25, 0.3) is 0 Å². The standard InChI is InChI=1S/C13H13O5PS/c14-13-11-4-2-1-3-9(11)10-6-5-8(7-12(10)17-13)18-19(15,16)20/h5-7H,1-4H2,(H2,15,16,20). The Hall–Kier alpha value is -1.23. The molecule has 0 saturated heterocycles. The smallest absolute Gasteiger partial charge is 0.422 e. The van der Waals surface area contributed by atoms with Crippen molar-refractivity contribution >= 4 is 30.0 Å². The van der Waals surface area contributed by atoms with E-state index >= 15 is 0 Å². The van der Waals surface area contributed by atoms with Crippen LogP contribution < -0.4 is 10.1 Å². The molecule has 7 heteroatoms. The molecule has 1 unspecified atom stereocenters. The van der Waals surface area contributed by atoms with E-state index < -0.39 is 6.80 Å². The van der Waals surface area contributed by atoms with Gasteiger partial charge in [-0.1, -0.05) is 0 Å². The van der Waals surface area contributed by atoms with Crippen LogP contribution in [0.25, 0.3) is 11.0 Å². The Labute approximate surface area is 120 Å². The van der Waals surface area contributed by atoms with Crippen molar-refractivity contribution in [1.29, 1.82) is 0 Å². The van der Waals surface area contributed by atoms with Crippen LogP contribution in [0.3, 0.4) is 0 Å². The Morgan fingerprint density at radius 1 is 1.25 bits per heavy atom. The highest BCUT2D eigenvalue weighted by Gasteiger charge is 2.19. The Morgan fingerprint density at radius 3 is 2.65 bits per heavy atom. The van der Waals surface area contributed by atoms with Crippen molar-refractivity contribution < 1.29 is 18.4 Å². The van der Waals surface area contributed by atoms with E-state index in [1.54, 1.807) is 12.1 Å². The average Bonchev–Trinajstić information content (AvgIpc) is 2.37. The summed E-state index contributed by atoms with van der Waals surface area (Å²) in [6.07, 6.45) is 3.64. The minimum Gasteiger partial charge on any atom is -0.422 e. The number of fused-ring (bicyclic) bond motifs is 3. The quantitative estimate of drug-likeness (QED) is 0.506. The molecular weight excluding hydrogens is 299 g/mol. The van der Waals surface area contributed by atoms with Crippen LogP contribution in [0.2, 0.25) is 0 Å². The third-order valence-corrected chi connectivity index (χ3v) is 4.11. The van der Waals surface area contributed by atoms with E-state index in [0.717, 1.165) is 42.2 Å². The van der Waals surface area contributed by atoms with Gasteiger partial charge in [0.2, 0.25) is 0 Å². The lowest BCUT2D eigenvalue weighted by molar-refractivity contribution is 0.403. The molecule has 2 aromatic rings. The number of aryl methyl sites for hydroxylation is 1. The molecule has 1 atom stereocenters. The molecule has 1 aromatic carbocycles. The molecule has 5 nitrogen and oxygen atoms in total. The molecule has 0 spiro atoms. The van der Waals surface area contributed by atoms with E-state index in [4.69, 9.17) is 13.8 Å². The fourth-order valence-electron chi connectivity index (χ4n) is 2.62. The van der Waals surface area contributed by atoms with Gasteiger partial charge in [-0.3, -0.25) is 0 Å². The van der Waals surface area contributed by atoms with Crippen LogP contribution >= 0.6 is 19.0 Å². The van der Waals surface area contributed by atoms with Crippen molar-refractivity contribution in [2.75, 3.05) is 0 Å². The third kappa shape index (κ3) is 2.64. The summed E-state index contributed by atoms with van der Waals surface area (Å²) in [5, 5.41) is 0.860. The molecule has 1 aliphatic rings. The summed E-state index contributed by atoms with van der Waals surface area (Å²) in [5.74, 6) is 0.150. The number of thiol groups is 1. The van der Waals surface area contributed by atoms with Gasteiger partial charge >= 0.3 is 12.4 Å². The largest absolute Gasteiger partial charge is 0.434 e. The summed E-state index contributed by atoms with van der Waals surface area (Å²) in [6.45, 7) is -3.93. The first kappa shape index (κ1) is 13.7. The first-order valence-corrected chi connectivity index (χ1v) is 9.01. The van der Waals surface area contributed by atoms with E-state index in [0.29, 0.717) is 5.58 Å². The maximum Gasteiger partial charge on any atom is 0.434 e. The van der Waals surface area contributed by atoms with Crippen molar-refractivity contribution in [2.24, 2.45) is 0 Å². The second-order valence-corrected chi connectivity index (χ2v) is 7.47. The van der Waals surface area contributed by atoms with Crippen LogP contribution in [-0.2, 0) is 17.4 Å². The van der Waals surface area contributed by atoms with Gasteiger partial charge in [-0.15, -0.1) is 0 Å². The molecule has 0 amide bonds. The van der Waals surface area contributed by atoms with E-state index in [2.05, 4.69) is 12.2 Å². The minimum atomic E-state index is -3.93. The minimum absolute atomic E-state index is 0.150. The van der Waals surface area contributed by atoms with Crippen LogP contribution in [0.4, 0.5) is 0 Å². The maximum atomic E-state index is 11.9. The van der Waals surface area contributed by atoms with Crippen molar-refractivity contribution in [3.05, 3.63) is 39.7 Å². The Morgan fingerprint density at radius 2 is 1.95 bits per heavy atom. The summed E-state index contributed by atoms with van der Waals surface area (Å²) in [7, 11) is 0. The lowest BCUT2D eigenvalue weighted by Gasteiger charge is -2.16. The second-order valence-electron chi connectivity index (χ2n) is 4.79. The van der Waals surface area contributed by atoms with Gasteiger partial charge in [0, 0.05) is 17.0 Å². The Bertz CT molecular complexity index is 776. The Kier molecular flexibility index (Phi) is 3.40. The Balaban J connectivity index is 2.17. The van der Waals surface area contributed by atoms with Crippen LogP contribution in [0.1, 0.15) is 24.0 Å². The summed E-state index contributed by atoms with van der Waals surface area (Å²) < 4.78 is 21.2. The molecule has 1 aromatic heterocycles. The maximum absolute atomic E-state index is 11.9. The molecule has 1 aliphatic carbocycles. The van der Waals surface area contributed by atoms with Crippen molar-refractivity contribution in [2.45, 2.75) is 25.7 Å². The van der Waals surface area contributed by atoms with Gasteiger partial charge in [0.05, 0.1) is 0 Å². The van der Waals surface area contributed by atoms with Gasteiger partial charge in [-0.2, -0.15) is 0 Å². The normalized spacial score (nSPS) is 17.5. The van der Waals surface area contributed by atoms with E-state index in [9.17, 15) is 9.36 Å². The highest BCUT2D eigenvalue weighted by Crippen LogP contribution is 2.47. The summed E-state index contributed by atoms with van der Waals surface area (Å²) in [4.78, 5) is 21.0. The number of rotatable bonds is 2. The van der Waals surface area contributed by atoms with Gasteiger partial charge in [-0.25, -0.2) is 9.36 Å². The lowest BCUT2D eigenvalue weighted by Crippen LogP contribution is -2.15. The van der Waals surface area contributed by atoms with Crippen LogP contribution in [-0.4, -0.2) is 4.89 Å². The molecule has 0 bridgehead atoms. The molecular formula is C13H13O5PS. The van der Waals surface area contributed by atoms with Crippen molar-refractivity contribution in [1.82, 2.24) is 0 Å². The van der Waals surface area contributed by atoms with Crippen LogP contribution in [0, 0.1) is 0 Å². The number of benzene rings is 1. The van der Waals surface area contributed by atoms with Gasteiger partial charge in [0.1, 0.15) is 11.3 Å². The molecule has 1 N–H and O–H groups in total. The highest BCUT2D eigenvalue weighted by atomic mass is 32.7. The summed E-state index contributed by atoms with van der Waals surface area (Å²) in [5.41, 5.74) is 1.81. The molecule has 106 valence electrons. The first-order chi connectivity index (χ1) is 9.44. The number of hydrogen-bond donors (Lipinski definition) is 2. The van der Waals surface area contributed by atoms with Crippen LogP contribution in [0.15, 0.2) is 27.4 Å². The zero-order chi connectivity index (χ0) is 14.3. The number of hydrogen-bond acceptors (Lipinski definition) is 4. The molecule has 0 fully saturated rings. The van der Waals surface area contributed by atoms with E-state index in [1.165, 1.54) is 6.07 Å². The topological polar surface area (TPSA) is 76.7 Å². The van der Waals surface area contributed by atoms with Crippen molar-refractivity contribution in [3.63, 3.8) is 0 Å². The predicted molar refractivity (Wildman–Crippen MR) is 78.6 cm³/mol. The van der Waals surface area contributed by atoms with E-state index in [-0.39, 0.29) is 11.4 Å². The van der Waals surface area contributed by atoms with Crippen LogP contribution in [0.5, 0.6) is 5.75 Å². The van der Waals surface area contributed by atoms with Crippen molar-refractivity contribution in [3.8, 4) is 5.75 Å². The average molecular weight is 312 g/mol. The lowest BCUT2D eigenvalue weighted by atomic mass is 9.91. The fourth-order valence-corrected chi connectivity index (χ4v) is 3.29. The van der Waals surface area contributed by atoms with Gasteiger partial charge in [-0.05, 0) is 55.6 Å². The molecule has 0 radical (unpaired) electrons. The molecule has 20 heavy (non-hydrogen) atoms. The molecule has 3 rings (SSSR count).